The van der Waals surface area contributed by atoms with Crippen molar-refractivity contribution in [3.63, 3.8) is 0 Å². The van der Waals surface area contributed by atoms with E-state index in [2.05, 4.69) is 16.8 Å². The summed E-state index contributed by atoms with van der Waals surface area (Å²) in [4.78, 5) is 6.84. The van der Waals surface area contributed by atoms with Crippen molar-refractivity contribution in [3.8, 4) is 0 Å². The molecule has 2 heterocycles. The van der Waals surface area contributed by atoms with Crippen LogP contribution in [0.4, 0.5) is 5.82 Å². The first-order valence-corrected chi connectivity index (χ1v) is 8.11. The third kappa shape index (κ3) is 4.00. The fourth-order valence-corrected chi connectivity index (χ4v) is 3.29. The van der Waals surface area contributed by atoms with Crippen molar-refractivity contribution in [2.75, 3.05) is 18.0 Å². The van der Waals surface area contributed by atoms with E-state index in [4.69, 9.17) is 23.2 Å². The van der Waals surface area contributed by atoms with Crippen molar-refractivity contribution in [2.45, 2.75) is 44.9 Å². The third-order valence-corrected chi connectivity index (χ3v) is 4.56. The maximum absolute atomic E-state index is 6.07. The lowest BCUT2D eigenvalue weighted by atomic mass is 9.96. The number of nitrogens with zero attached hydrogens (tertiary/aromatic N) is 2. The van der Waals surface area contributed by atoms with E-state index in [0.29, 0.717) is 10.9 Å². The highest BCUT2D eigenvalue weighted by Crippen LogP contribution is 2.27. The molecule has 1 atom stereocenters. The number of pyridine rings is 1. The van der Waals surface area contributed by atoms with Crippen LogP contribution < -0.4 is 4.90 Å². The first-order valence-electron chi connectivity index (χ1n) is 7.20. The molecule has 1 fully saturated rings. The van der Waals surface area contributed by atoms with Gasteiger partial charge in [-0.25, -0.2) is 4.98 Å². The van der Waals surface area contributed by atoms with E-state index >= 15 is 0 Å². The Balaban J connectivity index is 2.05. The molecule has 106 valence electrons. The lowest BCUT2D eigenvalue weighted by Crippen LogP contribution is -2.25. The summed E-state index contributed by atoms with van der Waals surface area (Å²) < 4.78 is 0. The lowest BCUT2D eigenvalue weighted by Gasteiger charge is -2.22. The van der Waals surface area contributed by atoms with E-state index in [1.54, 1.807) is 6.20 Å². The van der Waals surface area contributed by atoms with E-state index in [0.717, 1.165) is 30.4 Å². The summed E-state index contributed by atoms with van der Waals surface area (Å²) in [5.41, 5.74) is 0.975. The first-order chi connectivity index (χ1) is 9.24. The molecule has 1 aromatic rings. The normalized spacial score (nSPS) is 20.4. The Morgan fingerprint density at radius 2 is 2.21 bits per heavy atom. The second-order valence-electron chi connectivity index (χ2n) is 5.34. The van der Waals surface area contributed by atoms with Crippen molar-refractivity contribution in [1.29, 1.82) is 0 Å². The second kappa shape index (κ2) is 7.35. The minimum atomic E-state index is 0.445. The van der Waals surface area contributed by atoms with Crippen LogP contribution in [0.5, 0.6) is 0 Å². The Morgan fingerprint density at radius 1 is 1.37 bits per heavy atom. The minimum Gasteiger partial charge on any atom is -0.357 e. The average Bonchev–Trinajstić information content (AvgIpc) is 2.66. The van der Waals surface area contributed by atoms with Crippen LogP contribution in [0.2, 0.25) is 5.02 Å². The fourth-order valence-electron chi connectivity index (χ4n) is 2.83. The summed E-state index contributed by atoms with van der Waals surface area (Å²) in [5, 5.41) is 0.664. The summed E-state index contributed by atoms with van der Waals surface area (Å²) in [5.74, 6) is 2.35. The van der Waals surface area contributed by atoms with Crippen molar-refractivity contribution in [3.05, 3.63) is 22.8 Å². The van der Waals surface area contributed by atoms with Crippen molar-refractivity contribution >= 4 is 29.0 Å². The standard InChI is InChI=1S/C15H22Cl2N2/c1-2-4-12-5-3-7-19(8-6-12)15-9-13(10-16)14(17)11-18-15/h9,11-12H,2-8,10H2,1H3. The van der Waals surface area contributed by atoms with Crippen molar-refractivity contribution in [1.82, 2.24) is 4.98 Å². The predicted octanol–water partition coefficient (Wildman–Crippen LogP) is 4.88. The third-order valence-electron chi connectivity index (χ3n) is 3.93. The first kappa shape index (κ1) is 14.9. The molecule has 2 rings (SSSR count). The molecular formula is C15H22Cl2N2. The number of rotatable bonds is 4. The average molecular weight is 301 g/mol. The highest BCUT2D eigenvalue weighted by Gasteiger charge is 2.18. The molecule has 1 aliphatic heterocycles. The Kier molecular flexibility index (Phi) is 5.77. The molecule has 0 aromatic carbocycles. The second-order valence-corrected chi connectivity index (χ2v) is 6.01. The van der Waals surface area contributed by atoms with Gasteiger partial charge >= 0.3 is 0 Å². The zero-order valence-corrected chi connectivity index (χ0v) is 13.1. The summed E-state index contributed by atoms with van der Waals surface area (Å²) in [6.07, 6.45) is 8.25. The zero-order chi connectivity index (χ0) is 13.7. The van der Waals surface area contributed by atoms with E-state index in [1.807, 2.05) is 6.07 Å². The lowest BCUT2D eigenvalue weighted by molar-refractivity contribution is 0.435. The molecule has 0 radical (unpaired) electrons. The van der Waals surface area contributed by atoms with Crippen LogP contribution in [0.3, 0.4) is 0 Å². The molecule has 0 saturated carbocycles. The van der Waals surface area contributed by atoms with Gasteiger partial charge in [0.2, 0.25) is 0 Å². The molecule has 1 unspecified atom stereocenters. The summed E-state index contributed by atoms with van der Waals surface area (Å²) >= 11 is 12.0. The van der Waals surface area contributed by atoms with Gasteiger partial charge in [-0.1, -0.05) is 31.4 Å². The van der Waals surface area contributed by atoms with Gasteiger partial charge < -0.3 is 4.90 Å². The van der Waals surface area contributed by atoms with Crippen LogP contribution >= 0.6 is 23.2 Å². The minimum absolute atomic E-state index is 0.445. The molecule has 0 N–H and O–H groups in total. The predicted molar refractivity (Wildman–Crippen MR) is 83.3 cm³/mol. The highest BCUT2D eigenvalue weighted by atomic mass is 35.5. The maximum atomic E-state index is 6.07. The number of aromatic nitrogens is 1. The Bertz CT molecular complexity index is 409. The molecule has 0 bridgehead atoms. The largest absolute Gasteiger partial charge is 0.357 e. The van der Waals surface area contributed by atoms with Gasteiger partial charge in [-0.2, -0.15) is 0 Å². The summed E-state index contributed by atoms with van der Waals surface area (Å²) in [7, 11) is 0. The Morgan fingerprint density at radius 3 is 2.95 bits per heavy atom. The number of anilines is 1. The van der Waals surface area contributed by atoms with Gasteiger partial charge in [0, 0.05) is 25.2 Å². The van der Waals surface area contributed by atoms with Gasteiger partial charge in [0.1, 0.15) is 5.82 Å². The van der Waals surface area contributed by atoms with Gasteiger partial charge in [0.25, 0.3) is 0 Å². The fraction of sp³-hybridized carbons (Fsp3) is 0.667. The molecule has 0 amide bonds. The quantitative estimate of drug-likeness (QED) is 0.737. The van der Waals surface area contributed by atoms with Gasteiger partial charge in [0.05, 0.1) is 5.02 Å². The summed E-state index contributed by atoms with van der Waals surface area (Å²) in [6.45, 7) is 4.47. The number of hydrogen-bond donors (Lipinski definition) is 0. The van der Waals surface area contributed by atoms with E-state index in [9.17, 15) is 0 Å². The van der Waals surface area contributed by atoms with Crippen LogP contribution in [0, 0.1) is 5.92 Å². The number of hydrogen-bond acceptors (Lipinski definition) is 2. The van der Waals surface area contributed by atoms with Gasteiger partial charge in [-0.15, -0.1) is 11.6 Å². The van der Waals surface area contributed by atoms with Crippen LogP contribution in [-0.2, 0) is 5.88 Å². The maximum Gasteiger partial charge on any atom is 0.128 e. The van der Waals surface area contributed by atoms with Crippen molar-refractivity contribution < 1.29 is 0 Å². The monoisotopic (exact) mass is 300 g/mol. The molecule has 19 heavy (non-hydrogen) atoms. The van der Waals surface area contributed by atoms with Gasteiger partial charge in [0.15, 0.2) is 0 Å². The highest BCUT2D eigenvalue weighted by molar-refractivity contribution is 6.32. The number of alkyl halides is 1. The van der Waals surface area contributed by atoms with E-state index in [-0.39, 0.29) is 0 Å². The molecule has 0 spiro atoms. The molecule has 1 aliphatic rings. The van der Waals surface area contributed by atoms with Crippen molar-refractivity contribution in [2.24, 2.45) is 5.92 Å². The molecular weight excluding hydrogens is 279 g/mol. The molecule has 1 aromatic heterocycles. The molecule has 4 heteroatoms. The van der Waals surface area contributed by atoms with Crippen LogP contribution in [0.1, 0.15) is 44.6 Å². The SMILES string of the molecule is CCCC1CCCN(c2cc(CCl)c(Cl)cn2)CC1. The number of halogens is 2. The molecule has 0 aliphatic carbocycles. The van der Waals surface area contributed by atoms with E-state index in [1.165, 1.54) is 32.1 Å². The van der Waals surface area contributed by atoms with E-state index < -0.39 is 0 Å². The smallest absolute Gasteiger partial charge is 0.128 e. The van der Waals surface area contributed by atoms with Crippen LogP contribution in [0.25, 0.3) is 0 Å². The van der Waals surface area contributed by atoms with Gasteiger partial charge in [-0.3, -0.25) is 0 Å². The molecule has 1 saturated heterocycles. The molecule has 2 nitrogen and oxygen atoms in total. The topological polar surface area (TPSA) is 16.1 Å². The van der Waals surface area contributed by atoms with Gasteiger partial charge in [-0.05, 0) is 36.8 Å². The zero-order valence-electron chi connectivity index (χ0n) is 11.5. The Hall–Kier alpha value is -0.470. The Labute approximate surface area is 126 Å². The van der Waals surface area contributed by atoms with Crippen LogP contribution in [-0.4, -0.2) is 18.1 Å². The van der Waals surface area contributed by atoms with Crippen LogP contribution in [0.15, 0.2) is 12.3 Å². The summed E-state index contributed by atoms with van der Waals surface area (Å²) in [6, 6.07) is 2.04.